The van der Waals surface area contributed by atoms with E-state index < -0.39 is 0 Å². The number of carbonyl (C=O) groups excluding carboxylic acids is 2. The standard InChI is InChI=1S/C41H52N6O3S/c1-6-45-21-23-47(24-22-45)38(41(50)46(7-2)8-3)30-19-17-29(18-20-30)25-34-40(49)44(5)27-35(42-34)32-14-12-15-33(28(32)4)43-39(48)37-26-31-13-10-9-11-16-36(31)51-37/h12,14-15,17-20,26-27,38H,6-11,13,16,21-25H2,1-5H3,(H,43,48). The van der Waals surface area contributed by atoms with Gasteiger partial charge in [-0.2, -0.15) is 0 Å². The van der Waals surface area contributed by atoms with Gasteiger partial charge in [-0.1, -0.05) is 49.7 Å². The number of piperazine rings is 1. The molecule has 2 amide bonds. The Hall–Kier alpha value is -4.12. The quantitative estimate of drug-likeness (QED) is 0.180. The zero-order valence-corrected chi connectivity index (χ0v) is 31.7. The lowest BCUT2D eigenvalue weighted by atomic mass is 9.99. The van der Waals surface area contributed by atoms with Gasteiger partial charge in [-0.15, -0.1) is 11.3 Å². The number of carbonyl (C=O) groups is 2. The molecule has 0 bridgehead atoms. The van der Waals surface area contributed by atoms with Crippen LogP contribution in [0, 0.1) is 6.92 Å². The molecule has 1 unspecified atom stereocenters. The van der Waals surface area contributed by atoms with Gasteiger partial charge in [0.25, 0.3) is 11.5 Å². The van der Waals surface area contributed by atoms with Gasteiger partial charge in [-0.05, 0) is 87.4 Å². The first-order chi connectivity index (χ1) is 24.7. The Balaban J connectivity index is 1.22. The second-order valence-electron chi connectivity index (χ2n) is 13.8. The molecule has 2 aromatic carbocycles. The van der Waals surface area contributed by atoms with Gasteiger partial charge in [0.2, 0.25) is 5.91 Å². The van der Waals surface area contributed by atoms with Crippen LogP contribution in [0.1, 0.15) is 88.6 Å². The topological polar surface area (TPSA) is 90.8 Å². The Morgan fingerprint density at radius 3 is 2.39 bits per heavy atom. The maximum atomic E-state index is 13.8. The highest BCUT2D eigenvalue weighted by molar-refractivity contribution is 7.14. The summed E-state index contributed by atoms with van der Waals surface area (Å²) in [6.45, 7) is 14.2. The highest BCUT2D eigenvalue weighted by Gasteiger charge is 2.32. The van der Waals surface area contributed by atoms with Gasteiger partial charge in [-0.3, -0.25) is 19.3 Å². The first-order valence-electron chi connectivity index (χ1n) is 18.6. The smallest absolute Gasteiger partial charge is 0.272 e. The van der Waals surface area contributed by atoms with Crippen LogP contribution in [0.3, 0.4) is 0 Å². The molecule has 1 atom stereocenters. The Morgan fingerprint density at radius 1 is 0.961 bits per heavy atom. The number of likely N-dealkylation sites (N-methyl/N-ethyl adjacent to an activating group) is 2. The first kappa shape index (κ1) is 36.7. The number of nitrogens with zero attached hydrogens (tertiary/aromatic N) is 5. The number of aryl methyl sites for hydroxylation is 3. The van der Waals surface area contributed by atoms with E-state index in [0.717, 1.165) is 78.4 Å². The monoisotopic (exact) mass is 708 g/mol. The SMILES string of the molecule is CCN1CCN(C(C(=O)N(CC)CC)c2ccc(Cc3nc(-c4cccc(NC(=O)c5cc6c(s5)CCCCC6)c4C)cn(C)c3=O)cc2)CC1. The number of anilines is 1. The molecule has 0 saturated carbocycles. The lowest BCUT2D eigenvalue weighted by Crippen LogP contribution is -2.51. The molecule has 0 radical (unpaired) electrons. The summed E-state index contributed by atoms with van der Waals surface area (Å²) >= 11 is 1.62. The Bertz CT molecular complexity index is 1880. The van der Waals surface area contributed by atoms with Crippen LogP contribution >= 0.6 is 11.3 Å². The van der Waals surface area contributed by atoms with Crippen molar-refractivity contribution >= 4 is 28.8 Å². The lowest BCUT2D eigenvalue weighted by molar-refractivity contribution is -0.137. The maximum absolute atomic E-state index is 13.8. The minimum Gasteiger partial charge on any atom is -0.342 e. The molecule has 0 spiro atoms. The van der Waals surface area contributed by atoms with Crippen molar-refractivity contribution in [2.45, 2.75) is 72.3 Å². The summed E-state index contributed by atoms with van der Waals surface area (Å²) in [6, 6.07) is 15.7. The molecule has 2 aromatic heterocycles. The van der Waals surface area contributed by atoms with Gasteiger partial charge < -0.3 is 19.7 Å². The van der Waals surface area contributed by atoms with Crippen molar-refractivity contribution in [1.29, 1.82) is 0 Å². The van der Waals surface area contributed by atoms with Gasteiger partial charge in [0.1, 0.15) is 11.7 Å². The fraction of sp³-hybridized carbons (Fsp3) is 0.463. The normalized spacial score (nSPS) is 15.9. The van der Waals surface area contributed by atoms with Crippen molar-refractivity contribution in [3.63, 3.8) is 0 Å². The molecule has 51 heavy (non-hydrogen) atoms. The Kier molecular flexibility index (Phi) is 11.8. The summed E-state index contributed by atoms with van der Waals surface area (Å²) in [5.41, 5.74) is 6.73. The van der Waals surface area contributed by atoms with Crippen molar-refractivity contribution in [2.75, 3.05) is 51.1 Å². The summed E-state index contributed by atoms with van der Waals surface area (Å²) in [7, 11) is 1.75. The number of fused-ring (bicyclic) bond motifs is 1. The molecule has 1 aliphatic carbocycles. The highest BCUT2D eigenvalue weighted by Crippen LogP contribution is 2.32. The molecule has 1 N–H and O–H groups in total. The molecule has 10 heteroatoms. The summed E-state index contributed by atoms with van der Waals surface area (Å²) in [4.78, 5) is 54.2. The molecule has 270 valence electrons. The van der Waals surface area contributed by atoms with Crippen LogP contribution in [0.4, 0.5) is 5.69 Å². The molecule has 9 nitrogen and oxygen atoms in total. The third-order valence-corrected chi connectivity index (χ3v) is 11.9. The maximum Gasteiger partial charge on any atom is 0.272 e. The van der Waals surface area contributed by atoms with E-state index in [1.54, 1.807) is 29.1 Å². The predicted octanol–water partition coefficient (Wildman–Crippen LogP) is 6.48. The van der Waals surface area contributed by atoms with Gasteiger partial charge >= 0.3 is 0 Å². The zero-order chi connectivity index (χ0) is 36.1. The number of hydrogen-bond acceptors (Lipinski definition) is 7. The third-order valence-electron chi connectivity index (χ3n) is 10.7. The van der Waals surface area contributed by atoms with Crippen molar-refractivity contribution < 1.29 is 9.59 Å². The van der Waals surface area contributed by atoms with Gasteiger partial charge in [0, 0.05) is 75.1 Å². The van der Waals surface area contributed by atoms with Crippen molar-refractivity contribution in [3.8, 4) is 11.3 Å². The van der Waals surface area contributed by atoms with Gasteiger partial charge in [-0.25, -0.2) is 4.98 Å². The van der Waals surface area contributed by atoms with Crippen LogP contribution in [0.15, 0.2) is 59.5 Å². The van der Waals surface area contributed by atoms with Crippen LogP contribution in [0.5, 0.6) is 0 Å². The molecule has 1 aliphatic heterocycles. The van der Waals surface area contributed by atoms with E-state index in [2.05, 4.69) is 28.1 Å². The minimum atomic E-state index is -0.335. The van der Waals surface area contributed by atoms with E-state index in [-0.39, 0.29) is 23.4 Å². The van der Waals surface area contributed by atoms with E-state index in [1.807, 2.05) is 68.1 Å². The fourth-order valence-corrected chi connectivity index (χ4v) is 8.64. The molecule has 1 saturated heterocycles. The van der Waals surface area contributed by atoms with E-state index in [4.69, 9.17) is 4.98 Å². The molecular weight excluding hydrogens is 657 g/mol. The van der Waals surface area contributed by atoms with Crippen LogP contribution in [-0.2, 0) is 31.1 Å². The van der Waals surface area contributed by atoms with Crippen LogP contribution in [0.2, 0.25) is 0 Å². The number of nitrogens with one attached hydrogen (secondary N) is 1. The van der Waals surface area contributed by atoms with Crippen LogP contribution < -0.4 is 10.9 Å². The van der Waals surface area contributed by atoms with Crippen molar-refractivity contribution in [2.24, 2.45) is 7.05 Å². The second kappa shape index (κ2) is 16.5. The molecule has 3 heterocycles. The average Bonchev–Trinajstić information content (AvgIpc) is 3.42. The van der Waals surface area contributed by atoms with Gasteiger partial charge in [0.05, 0.1) is 10.6 Å². The minimum absolute atomic E-state index is 0.0878. The van der Waals surface area contributed by atoms with Crippen LogP contribution in [-0.4, -0.2) is 81.9 Å². The number of rotatable bonds is 11. The first-order valence-corrected chi connectivity index (χ1v) is 19.5. The summed E-state index contributed by atoms with van der Waals surface area (Å²) in [5.74, 6) is 0.0507. The second-order valence-corrected chi connectivity index (χ2v) is 15.0. The summed E-state index contributed by atoms with van der Waals surface area (Å²) in [6.07, 6.45) is 7.85. The van der Waals surface area contributed by atoms with Gasteiger partial charge in [0.15, 0.2) is 0 Å². The molecule has 1 fully saturated rings. The van der Waals surface area contributed by atoms with E-state index in [1.165, 1.54) is 29.7 Å². The molecule has 4 aromatic rings. The third kappa shape index (κ3) is 8.19. The number of hydrogen-bond donors (Lipinski definition) is 1. The van der Waals surface area contributed by atoms with E-state index >= 15 is 0 Å². The summed E-state index contributed by atoms with van der Waals surface area (Å²) in [5, 5.41) is 3.15. The molecule has 2 aliphatic rings. The number of aromatic nitrogens is 2. The molecule has 6 rings (SSSR count). The number of benzene rings is 2. The Morgan fingerprint density at radius 2 is 1.69 bits per heavy atom. The largest absolute Gasteiger partial charge is 0.342 e. The van der Waals surface area contributed by atoms with Crippen molar-refractivity contribution in [1.82, 2.24) is 24.3 Å². The average molecular weight is 709 g/mol. The lowest BCUT2D eigenvalue weighted by Gasteiger charge is -2.40. The predicted molar refractivity (Wildman–Crippen MR) is 207 cm³/mol. The number of thiophene rings is 1. The highest BCUT2D eigenvalue weighted by atomic mass is 32.1. The summed E-state index contributed by atoms with van der Waals surface area (Å²) < 4.78 is 1.59. The zero-order valence-electron chi connectivity index (χ0n) is 30.8. The fourth-order valence-electron chi connectivity index (χ4n) is 7.49. The number of amides is 2. The van der Waals surface area contributed by atoms with E-state index in [9.17, 15) is 14.4 Å². The van der Waals surface area contributed by atoms with E-state index in [0.29, 0.717) is 30.9 Å². The molecular formula is C41H52N6O3S. The Labute approximate surface area is 306 Å². The van der Waals surface area contributed by atoms with Crippen molar-refractivity contribution in [3.05, 3.63) is 103 Å². The van der Waals surface area contributed by atoms with Crippen LogP contribution in [0.25, 0.3) is 11.3 Å².